The summed E-state index contributed by atoms with van der Waals surface area (Å²) in [7, 11) is 0. The highest BCUT2D eigenvalue weighted by Crippen LogP contribution is 2.26. The van der Waals surface area contributed by atoms with E-state index < -0.39 is 0 Å². The molecule has 0 aliphatic heterocycles. The molecule has 0 bridgehead atoms. The van der Waals surface area contributed by atoms with Crippen LogP contribution in [0.5, 0.6) is 5.75 Å². The standard InChI is InChI=1S/C25H25N3O2/c1-2-4-18(5-3-1)25-28-22(17-29-25)16-27-21-7-10-23(11-8-21)30-24-9-6-20-15-26-13-12-19(20)14-24/h1-6,9,12-15,17,21,23,27H,7-8,10-11,16H2. The summed E-state index contributed by atoms with van der Waals surface area (Å²) >= 11 is 0. The Labute approximate surface area is 176 Å². The molecule has 30 heavy (non-hydrogen) atoms. The zero-order valence-electron chi connectivity index (χ0n) is 16.8. The maximum atomic E-state index is 6.25. The molecule has 5 heteroatoms. The molecule has 1 fully saturated rings. The molecule has 152 valence electrons. The Balaban J connectivity index is 1.11. The highest BCUT2D eigenvalue weighted by atomic mass is 16.5. The van der Waals surface area contributed by atoms with E-state index in [2.05, 4.69) is 27.4 Å². The molecule has 0 radical (unpaired) electrons. The molecule has 1 N–H and O–H groups in total. The van der Waals surface area contributed by atoms with Gasteiger partial charge in [-0.15, -0.1) is 0 Å². The van der Waals surface area contributed by atoms with Crippen LogP contribution in [0.3, 0.4) is 0 Å². The van der Waals surface area contributed by atoms with Crippen molar-refractivity contribution in [1.29, 1.82) is 0 Å². The van der Waals surface area contributed by atoms with Crippen LogP contribution in [-0.2, 0) is 6.54 Å². The second kappa shape index (κ2) is 8.67. The van der Waals surface area contributed by atoms with Crippen LogP contribution in [0.25, 0.3) is 22.2 Å². The third-order valence-electron chi connectivity index (χ3n) is 5.73. The Morgan fingerprint density at radius 3 is 2.70 bits per heavy atom. The van der Waals surface area contributed by atoms with Crippen LogP contribution in [0.15, 0.2) is 77.7 Å². The lowest BCUT2D eigenvalue weighted by Gasteiger charge is -2.29. The number of rotatable bonds is 6. The molecule has 0 unspecified atom stereocenters. The fourth-order valence-electron chi connectivity index (χ4n) is 4.06. The number of pyridine rings is 1. The van der Waals surface area contributed by atoms with Gasteiger partial charge in [0.05, 0.1) is 11.8 Å². The van der Waals surface area contributed by atoms with E-state index in [1.165, 1.54) is 5.39 Å². The number of nitrogens with zero attached hydrogens (tertiary/aromatic N) is 2. The molecule has 5 nitrogen and oxygen atoms in total. The van der Waals surface area contributed by atoms with Crippen molar-refractivity contribution in [3.8, 4) is 17.2 Å². The summed E-state index contributed by atoms with van der Waals surface area (Å²) in [5.41, 5.74) is 1.95. The van der Waals surface area contributed by atoms with E-state index in [1.54, 1.807) is 6.26 Å². The third kappa shape index (κ3) is 4.36. The molecule has 0 atom stereocenters. The number of benzene rings is 2. The maximum Gasteiger partial charge on any atom is 0.226 e. The van der Waals surface area contributed by atoms with Crippen molar-refractivity contribution in [2.24, 2.45) is 0 Å². The van der Waals surface area contributed by atoms with Crippen LogP contribution < -0.4 is 10.1 Å². The van der Waals surface area contributed by atoms with Gasteiger partial charge in [0.2, 0.25) is 5.89 Å². The molecule has 2 heterocycles. The van der Waals surface area contributed by atoms with Crippen molar-refractivity contribution in [3.05, 3.63) is 78.9 Å². The highest BCUT2D eigenvalue weighted by Gasteiger charge is 2.22. The average Bonchev–Trinajstić information content (AvgIpc) is 3.28. The predicted molar refractivity (Wildman–Crippen MR) is 117 cm³/mol. The first-order valence-electron chi connectivity index (χ1n) is 10.6. The van der Waals surface area contributed by atoms with Crippen LogP contribution in [0.2, 0.25) is 0 Å². The fourth-order valence-corrected chi connectivity index (χ4v) is 4.06. The van der Waals surface area contributed by atoms with E-state index in [0.29, 0.717) is 11.9 Å². The minimum atomic E-state index is 0.277. The minimum absolute atomic E-state index is 0.277. The Kier molecular flexibility index (Phi) is 5.44. The van der Waals surface area contributed by atoms with Gasteiger partial charge in [-0.05, 0) is 67.5 Å². The molecule has 1 aliphatic carbocycles. The van der Waals surface area contributed by atoms with Crippen molar-refractivity contribution in [3.63, 3.8) is 0 Å². The molecule has 0 saturated heterocycles. The normalized spacial score (nSPS) is 19.1. The van der Waals surface area contributed by atoms with Crippen LogP contribution in [-0.4, -0.2) is 22.1 Å². The summed E-state index contributed by atoms with van der Waals surface area (Å²) in [6.07, 6.45) is 10.0. The Bertz CT molecular complexity index is 1100. The molecule has 4 aromatic rings. The van der Waals surface area contributed by atoms with Gasteiger partial charge in [-0.2, -0.15) is 0 Å². The van der Waals surface area contributed by atoms with Gasteiger partial charge >= 0.3 is 0 Å². The second-order valence-electron chi connectivity index (χ2n) is 7.87. The van der Waals surface area contributed by atoms with E-state index >= 15 is 0 Å². The second-order valence-corrected chi connectivity index (χ2v) is 7.87. The van der Waals surface area contributed by atoms with Gasteiger partial charge < -0.3 is 14.5 Å². The average molecular weight is 399 g/mol. The van der Waals surface area contributed by atoms with Gasteiger partial charge in [0.25, 0.3) is 0 Å². The summed E-state index contributed by atoms with van der Waals surface area (Å²) in [6.45, 7) is 0.727. The number of hydrogen-bond acceptors (Lipinski definition) is 5. The van der Waals surface area contributed by atoms with Crippen molar-refractivity contribution in [2.75, 3.05) is 0 Å². The number of aromatic nitrogens is 2. The van der Waals surface area contributed by atoms with Gasteiger partial charge in [-0.3, -0.25) is 4.98 Å². The molecule has 5 rings (SSSR count). The predicted octanol–water partition coefficient (Wildman–Crippen LogP) is 5.37. The number of hydrogen-bond donors (Lipinski definition) is 1. The van der Waals surface area contributed by atoms with Gasteiger partial charge in [-0.25, -0.2) is 4.98 Å². The molecule has 0 amide bonds. The first-order valence-corrected chi connectivity index (χ1v) is 10.6. The van der Waals surface area contributed by atoms with Crippen molar-refractivity contribution in [2.45, 2.75) is 44.4 Å². The smallest absolute Gasteiger partial charge is 0.226 e. The van der Waals surface area contributed by atoms with E-state index in [-0.39, 0.29) is 6.10 Å². The van der Waals surface area contributed by atoms with Crippen molar-refractivity contribution in [1.82, 2.24) is 15.3 Å². The highest BCUT2D eigenvalue weighted by molar-refractivity contribution is 5.82. The van der Waals surface area contributed by atoms with E-state index in [1.807, 2.05) is 54.9 Å². The molecule has 2 aromatic heterocycles. The largest absolute Gasteiger partial charge is 0.490 e. The lowest BCUT2D eigenvalue weighted by Crippen LogP contribution is -2.36. The fraction of sp³-hybridized carbons (Fsp3) is 0.280. The number of oxazole rings is 1. The van der Waals surface area contributed by atoms with Gasteiger partial charge in [-0.1, -0.05) is 18.2 Å². The SMILES string of the molecule is c1ccc(-c2nc(CNC3CCC(Oc4ccc5cnccc5c4)CC3)co2)cc1. The third-order valence-corrected chi connectivity index (χ3v) is 5.73. The Hall–Kier alpha value is -3.18. The lowest BCUT2D eigenvalue weighted by molar-refractivity contribution is 0.139. The summed E-state index contributed by atoms with van der Waals surface area (Å²) in [5, 5.41) is 5.93. The molecule has 1 saturated carbocycles. The molecular weight excluding hydrogens is 374 g/mol. The van der Waals surface area contributed by atoms with Crippen LogP contribution >= 0.6 is 0 Å². The molecule has 2 aromatic carbocycles. The monoisotopic (exact) mass is 399 g/mol. The van der Waals surface area contributed by atoms with Crippen LogP contribution in [0.4, 0.5) is 0 Å². The zero-order chi connectivity index (χ0) is 20.2. The van der Waals surface area contributed by atoms with Crippen LogP contribution in [0.1, 0.15) is 31.4 Å². The minimum Gasteiger partial charge on any atom is -0.490 e. The summed E-state index contributed by atoms with van der Waals surface area (Å²) in [5.74, 6) is 1.62. The van der Waals surface area contributed by atoms with Gasteiger partial charge in [0, 0.05) is 35.9 Å². The summed E-state index contributed by atoms with van der Waals surface area (Å²) in [6, 6.07) is 18.7. The van der Waals surface area contributed by atoms with E-state index in [4.69, 9.17) is 9.15 Å². The first kappa shape index (κ1) is 18.8. The number of ether oxygens (including phenoxy) is 1. The van der Waals surface area contributed by atoms with Crippen LogP contribution in [0, 0.1) is 0 Å². The van der Waals surface area contributed by atoms with Gasteiger partial charge in [0.15, 0.2) is 0 Å². The molecular formula is C25H25N3O2. The topological polar surface area (TPSA) is 60.2 Å². The summed E-state index contributed by atoms with van der Waals surface area (Å²) < 4.78 is 11.9. The Morgan fingerprint density at radius 2 is 1.83 bits per heavy atom. The van der Waals surface area contributed by atoms with E-state index in [0.717, 1.165) is 54.6 Å². The molecule has 1 aliphatic rings. The van der Waals surface area contributed by atoms with Crippen molar-refractivity contribution >= 4 is 10.8 Å². The lowest BCUT2D eigenvalue weighted by atomic mass is 9.93. The van der Waals surface area contributed by atoms with E-state index in [9.17, 15) is 0 Å². The first-order chi connectivity index (χ1) is 14.8. The van der Waals surface area contributed by atoms with Gasteiger partial charge in [0.1, 0.15) is 12.0 Å². The Morgan fingerprint density at radius 1 is 0.967 bits per heavy atom. The molecule has 0 spiro atoms. The number of nitrogens with one attached hydrogen (secondary N) is 1. The maximum absolute atomic E-state index is 6.25. The number of fused-ring (bicyclic) bond motifs is 1. The summed E-state index contributed by atoms with van der Waals surface area (Å²) in [4.78, 5) is 8.77. The zero-order valence-corrected chi connectivity index (χ0v) is 16.8. The quantitative estimate of drug-likeness (QED) is 0.472. The van der Waals surface area contributed by atoms with Crippen molar-refractivity contribution < 1.29 is 9.15 Å².